The van der Waals surface area contributed by atoms with Crippen molar-refractivity contribution in [1.29, 1.82) is 0 Å². The fourth-order valence-electron chi connectivity index (χ4n) is 2.37. The summed E-state index contributed by atoms with van der Waals surface area (Å²) in [5.41, 5.74) is 6.11. The minimum Gasteiger partial charge on any atom is -0.496 e. The van der Waals surface area contributed by atoms with Crippen molar-refractivity contribution in [3.63, 3.8) is 0 Å². The largest absolute Gasteiger partial charge is 0.496 e. The third-order valence-corrected chi connectivity index (χ3v) is 4.05. The predicted octanol–water partition coefficient (Wildman–Crippen LogP) is 4.17. The lowest BCUT2D eigenvalue weighted by atomic mass is 9.97. The molecule has 1 unspecified atom stereocenters. The van der Waals surface area contributed by atoms with Crippen molar-refractivity contribution < 1.29 is 4.74 Å². The van der Waals surface area contributed by atoms with Crippen molar-refractivity contribution >= 4 is 27.5 Å². The average Bonchev–Trinajstić information content (AvgIpc) is 2.43. The fourth-order valence-corrected chi connectivity index (χ4v) is 3.07. The van der Waals surface area contributed by atoms with E-state index in [9.17, 15) is 0 Å². The molecule has 3 nitrogen and oxygen atoms in total. The summed E-state index contributed by atoms with van der Waals surface area (Å²) in [4.78, 5) is 0. The summed E-state index contributed by atoms with van der Waals surface area (Å²) in [6.45, 7) is 2.02. The van der Waals surface area contributed by atoms with Gasteiger partial charge in [0.05, 0.1) is 13.2 Å². The lowest BCUT2D eigenvalue weighted by molar-refractivity contribution is 0.405. The quantitative estimate of drug-likeness (QED) is 0.614. The number of nitrogens with one attached hydrogen (secondary N) is 1. The first-order valence-electron chi connectivity index (χ1n) is 6.59. The van der Waals surface area contributed by atoms with Gasteiger partial charge in [-0.1, -0.05) is 33.6 Å². The van der Waals surface area contributed by atoms with Crippen LogP contribution in [0.25, 0.3) is 0 Å². The molecular weight excluding hydrogens is 352 g/mol. The van der Waals surface area contributed by atoms with Gasteiger partial charge >= 0.3 is 0 Å². The molecule has 2 rings (SSSR count). The molecule has 1 atom stereocenters. The molecule has 21 heavy (non-hydrogen) atoms. The first kappa shape index (κ1) is 16.3. The van der Waals surface area contributed by atoms with Gasteiger partial charge in [0.15, 0.2) is 0 Å². The molecule has 5 heteroatoms. The molecule has 0 radical (unpaired) electrons. The van der Waals surface area contributed by atoms with Gasteiger partial charge in [0.2, 0.25) is 0 Å². The highest BCUT2D eigenvalue weighted by atomic mass is 79.9. The Morgan fingerprint density at radius 1 is 1.29 bits per heavy atom. The van der Waals surface area contributed by atoms with Crippen molar-refractivity contribution in [3.8, 4) is 5.75 Å². The second-order valence-corrected chi connectivity index (χ2v) is 6.29. The highest BCUT2D eigenvalue weighted by molar-refractivity contribution is 9.10. The van der Waals surface area contributed by atoms with E-state index in [4.69, 9.17) is 22.2 Å². The van der Waals surface area contributed by atoms with Crippen molar-refractivity contribution in [3.05, 3.63) is 62.6 Å². The summed E-state index contributed by atoms with van der Waals surface area (Å²) in [6, 6.07) is 11.8. The van der Waals surface area contributed by atoms with Crippen LogP contribution in [0.5, 0.6) is 5.75 Å². The van der Waals surface area contributed by atoms with Gasteiger partial charge in [-0.15, -0.1) is 0 Å². The normalized spacial score (nSPS) is 12.2. The van der Waals surface area contributed by atoms with Gasteiger partial charge in [0.25, 0.3) is 0 Å². The van der Waals surface area contributed by atoms with E-state index in [1.165, 1.54) is 0 Å². The van der Waals surface area contributed by atoms with E-state index in [-0.39, 0.29) is 6.04 Å². The van der Waals surface area contributed by atoms with E-state index < -0.39 is 0 Å². The number of hydrazine groups is 1. The van der Waals surface area contributed by atoms with Crippen molar-refractivity contribution in [2.45, 2.75) is 19.4 Å². The molecule has 0 amide bonds. The maximum Gasteiger partial charge on any atom is 0.122 e. The molecule has 0 aliphatic rings. The van der Waals surface area contributed by atoms with Crippen molar-refractivity contribution in [2.24, 2.45) is 5.84 Å². The van der Waals surface area contributed by atoms with Crippen LogP contribution in [0, 0.1) is 6.92 Å². The van der Waals surface area contributed by atoms with Gasteiger partial charge < -0.3 is 4.74 Å². The molecule has 0 saturated heterocycles. The number of halogens is 2. The first-order chi connectivity index (χ1) is 10.0. The minimum atomic E-state index is -0.0365. The number of ether oxygens (including phenoxy) is 1. The fraction of sp³-hybridized carbons (Fsp3) is 0.250. The number of aryl methyl sites for hydroxylation is 1. The van der Waals surface area contributed by atoms with Crippen LogP contribution in [0.15, 0.2) is 40.9 Å². The molecule has 0 spiro atoms. The Balaban J connectivity index is 2.32. The highest BCUT2D eigenvalue weighted by Gasteiger charge is 2.15. The Morgan fingerprint density at radius 3 is 2.67 bits per heavy atom. The zero-order chi connectivity index (χ0) is 15.4. The molecule has 112 valence electrons. The Bertz CT molecular complexity index is 613. The number of methoxy groups -OCH3 is 1. The molecule has 0 aromatic heterocycles. The van der Waals surface area contributed by atoms with Crippen LogP contribution in [0.4, 0.5) is 0 Å². The summed E-state index contributed by atoms with van der Waals surface area (Å²) in [5.74, 6) is 6.58. The standard InChI is InChI=1S/C16H18BrClN2O/c1-10-5-11(8-14(18)6-10)15(20-19)9-12-7-13(17)3-4-16(12)21-2/h3-8,15,20H,9,19H2,1-2H3. The van der Waals surface area contributed by atoms with E-state index in [1.54, 1.807) is 7.11 Å². The Hall–Kier alpha value is -1.07. The number of hydrogen-bond acceptors (Lipinski definition) is 3. The Morgan fingerprint density at radius 2 is 2.05 bits per heavy atom. The van der Waals surface area contributed by atoms with E-state index in [0.29, 0.717) is 11.4 Å². The summed E-state index contributed by atoms with van der Waals surface area (Å²) < 4.78 is 6.42. The van der Waals surface area contributed by atoms with E-state index in [1.807, 2.05) is 37.3 Å². The van der Waals surface area contributed by atoms with Gasteiger partial charge in [-0.05, 0) is 60.4 Å². The zero-order valence-corrected chi connectivity index (χ0v) is 14.3. The molecular formula is C16H18BrClN2O. The molecule has 0 fully saturated rings. The van der Waals surface area contributed by atoms with Crippen LogP contribution in [0.1, 0.15) is 22.7 Å². The lowest BCUT2D eigenvalue weighted by Crippen LogP contribution is -2.29. The second-order valence-electron chi connectivity index (χ2n) is 4.94. The van der Waals surface area contributed by atoms with Crippen LogP contribution in [-0.4, -0.2) is 7.11 Å². The van der Waals surface area contributed by atoms with Gasteiger partial charge in [-0.25, -0.2) is 0 Å². The SMILES string of the molecule is COc1ccc(Br)cc1CC(NN)c1cc(C)cc(Cl)c1. The number of nitrogens with two attached hydrogens (primary N) is 1. The third kappa shape index (κ3) is 4.20. The summed E-state index contributed by atoms with van der Waals surface area (Å²) in [7, 11) is 1.67. The highest BCUT2D eigenvalue weighted by Crippen LogP contribution is 2.29. The van der Waals surface area contributed by atoms with Crippen LogP contribution >= 0.6 is 27.5 Å². The minimum absolute atomic E-state index is 0.0365. The molecule has 0 bridgehead atoms. The smallest absolute Gasteiger partial charge is 0.122 e. The van der Waals surface area contributed by atoms with Crippen LogP contribution in [0.3, 0.4) is 0 Å². The van der Waals surface area contributed by atoms with Crippen LogP contribution in [0.2, 0.25) is 5.02 Å². The maximum atomic E-state index is 6.14. The Kier molecular flexibility index (Phi) is 5.65. The van der Waals surface area contributed by atoms with E-state index in [0.717, 1.165) is 26.9 Å². The third-order valence-electron chi connectivity index (χ3n) is 3.33. The summed E-state index contributed by atoms with van der Waals surface area (Å²) in [6.07, 6.45) is 0.707. The van der Waals surface area contributed by atoms with Gasteiger partial charge in [-0.3, -0.25) is 11.3 Å². The molecule has 0 heterocycles. The molecule has 0 aliphatic heterocycles. The second kappa shape index (κ2) is 7.27. The maximum absolute atomic E-state index is 6.14. The topological polar surface area (TPSA) is 47.3 Å². The Labute approximate surface area is 138 Å². The summed E-state index contributed by atoms with van der Waals surface area (Å²) in [5, 5.41) is 0.714. The molecule has 3 N–H and O–H groups in total. The van der Waals surface area contributed by atoms with Gasteiger partial charge in [-0.2, -0.15) is 0 Å². The molecule has 2 aromatic carbocycles. The first-order valence-corrected chi connectivity index (χ1v) is 7.76. The average molecular weight is 370 g/mol. The number of benzene rings is 2. The molecule has 0 saturated carbocycles. The zero-order valence-electron chi connectivity index (χ0n) is 12.0. The monoisotopic (exact) mass is 368 g/mol. The molecule has 0 aliphatic carbocycles. The van der Waals surface area contributed by atoms with E-state index in [2.05, 4.69) is 27.4 Å². The van der Waals surface area contributed by atoms with E-state index >= 15 is 0 Å². The van der Waals surface area contributed by atoms with Gasteiger partial charge in [0.1, 0.15) is 5.75 Å². The summed E-state index contributed by atoms with van der Waals surface area (Å²) >= 11 is 9.63. The predicted molar refractivity (Wildman–Crippen MR) is 90.7 cm³/mol. The van der Waals surface area contributed by atoms with Crippen molar-refractivity contribution in [2.75, 3.05) is 7.11 Å². The molecule has 2 aromatic rings. The number of hydrogen-bond donors (Lipinski definition) is 2. The number of rotatable bonds is 5. The van der Waals surface area contributed by atoms with Crippen LogP contribution in [-0.2, 0) is 6.42 Å². The van der Waals surface area contributed by atoms with Crippen LogP contribution < -0.4 is 16.0 Å². The lowest BCUT2D eigenvalue weighted by Gasteiger charge is -2.19. The van der Waals surface area contributed by atoms with Crippen molar-refractivity contribution in [1.82, 2.24) is 5.43 Å². The van der Waals surface area contributed by atoms with Gasteiger partial charge in [0, 0.05) is 9.50 Å².